The van der Waals surface area contributed by atoms with Crippen molar-refractivity contribution in [3.05, 3.63) is 0 Å². The molecule has 0 radical (unpaired) electrons. The van der Waals surface area contributed by atoms with Crippen LogP contribution >= 0.6 is 0 Å². The van der Waals surface area contributed by atoms with Gasteiger partial charge in [-0.25, -0.2) is 0 Å². The van der Waals surface area contributed by atoms with E-state index in [2.05, 4.69) is 0 Å². The van der Waals surface area contributed by atoms with Crippen LogP contribution in [0.15, 0.2) is 0 Å². The first-order chi connectivity index (χ1) is 16.8. The van der Waals surface area contributed by atoms with E-state index in [-0.39, 0.29) is 0 Å². The Hall–Kier alpha value is 1.96. The lowest BCUT2D eigenvalue weighted by Crippen LogP contribution is -2.84. The van der Waals surface area contributed by atoms with Gasteiger partial charge in [0.25, 0.3) is 0 Å². The third-order valence-corrected chi connectivity index (χ3v) is 39.3. The molecule has 6 saturated heterocycles. The lowest BCUT2D eigenvalue weighted by Gasteiger charge is -2.54. The highest BCUT2D eigenvalue weighted by molar-refractivity contribution is 6.95. The fraction of sp³-hybridized carbons (Fsp3) is 1.00. The van der Waals surface area contributed by atoms with E-state index in [1.165, 1.54) is 0 Å². The lowest BCUT2D eigenvalue weighted by molar-refractivity contribution is -0.0692. The molecule has 6 rings (SSSR count). The molecule has 28 heteroatoms. The highest BCUT2D eigenvalue weighted by Gasteiger charge is 2.80. The average Bonchev–Trinajstić information content (AvgIpc) is 2.57. The van der Waals surface area contributed by atoms with E-state index in [4.69, 9.17) is 65.8 Å². The highest BCUT2D eigenvalue weighted by atomic mass is 28.6. The second-order valence-electron chi connectivity index (χ2n) is 9.25. The van der Waals surface area contributed by atoms with Gasteiger partial charge in [0.1, 0.15) is 0 Å². The van der Waals surface area contributed by atoms with Crippen LogP contribution in [0.2, 0.25) is 52.4 Å². The summed E-state index contributed by atoms with van der Waals surface area (Å²) in [7, 11) is -36.5. The Morgan fingerprint density at radius 1 is 0.389 bits per heavy atom. The minimum Gasteiger partial charge on any atom is -0.398 e. The lowest BCUT2D eigenvalue weighted by atomic mass is 11.9. The molecule has 0 aromatic rings. The molecule has 0 amide bonds. The molecule has 16 nitrogen and oxygen atoms in total. The van der Waals surface area contributed by atoms with Crippen LogP contribution in [0.4, 0.5) is 0 Å². The summed E-state index contributed by atoms with van der Waals surface area (Å²) in [6.07, 6.45) is 0. The number of rotatable bonds is 8. The van der Waals surface area contributed by atoms with Gasteiger partial charge in [0.15, 0.2) is 36.2 Å². The van der Waals surface area contributed by atoms with E-state index in [0.717, 1.165) is 0 Å². The molecule has 0 aliphatic carbocycles. The Labute approximate surface area is 227 Å². The predicted molar refractivity (Wildman–Crippen MR) is 144 cm³/mol. The van der Waals surface area contributed by atoms with Crippen LogP contribution in [0.1, 0.15) is 0 Å². The minimum atomic E-state index is -4.21. The van der Waals surface area contributed by atoms with E-state index in [9.17, 15) is 0 Å². The summed E-state index contributed by atoms with van der Waals surface area (Å²) in [6.45, 7) is 15.6. The molecule has 6 fully saturated rings. The van der Waals surface area contributed by atoms with Gasteiger partial charge in [-0.2, -0.15) is 0 Å². The largest absolute Gasteiger partial charge is 0.649 e. The van der Waals surface area contributed by atoms with Gasteiger partial charge in [-0.1, -0.05) is 0 Å². The van der Waals surface area contributed by atoms with Crippen LogP contribution < -0.4 is 0 Å². The van der Waals surface area contributed by atoms with Crippen molar-refractivity contribution in [1.82, 2.24) is 0 Å². The van der Waals surface area contributed by atoms with Gasteiger partial charge in [-0.15, -0.1) is 0 Å². The van der Waals surface area contributed by atoms with E-state index in [0.29, 0.717) is 0 Å². The molecule has 0 spiro atoms. The quantitative estimate of drug-likeness (QED) is 0.233. The maximum atomic E-state index is 6.60. The maximum absolute atomic E-state index is 6.60. The first-order valence-corrected chi connectivity index (χ1v) is 35.0. The van der Waals surface area contributed by atoms with Crippen molar-refractivity contribution in [2.45, 2.75) is 52.4 Å². The maximum Gasteiger partial charge on any atom is 0.649 e. The molecule has 8 bridgehead atoms. The van der Waals surface area contributed by atoms with E-state index < -0.39 is 110 Å². The molecule has 0 aromatic heterocycles. The van der Waals surface area contributed by atoms with Gasteiger partial charge in [0.2, 0.25) is 0 Å². The van der Waals surface area contributed by atoms with Gasteiger partial charge in [0.05, 0.1) is 0 Å². The van der Waals surface area contributed by atoms with Gasteiger partial charge < -0.3 is 65.8 Å². The second kappa shape index (κ2) is 11.0. The Morgan fingerprint density at radius 2 is 0.583 bits per heavy atom. The Bertz CT molecular complexity index is 663. The molecule has 0 unspecified atom stereocenters. The van der Waals surface area contributed by atoms with Crippen molar-refractivity contribution in [1.29, 1.82) is 0 Å². The second-order valence-corrected chi connectivity index (χ2v) is 39.1. The molecule has 0 atom stereocenters. The molecule has 6 aliphatic heterocycles. The summed E-state index contributed by atoms with van der Waals surface area (Å²) in [5.74, 6) is 0. The molecule has 0 N–H and O–H groups in total. The Balaban J connectivity index is 1.72. The van der Waals surface area contributed by atoms with Crippen LogP contribution in [-0.2, 0) is 65.8 Å². The van der Waals surface area contributed by atoms with E-state index in [1.54, 1.807) is 0 Å². The SMILES string of the molecule is C[SiH](C)O[Si]12O[SiH]3O[Si@H]4O[Si](O[SiH](C)C)(O1)O[Si]1(O[SiH](C)C)O[Si](O[SiH](C)C)(O2)O[Si@@H](O3)O[Si@H](O1)O4. The standard InChI is InChI=1S/C8H32O16Si12/c1-25(2)13-33-17-29-9-30-11-32-12-31(10-29)19-35(22-33,15-27(5)6)24-36(20-32,16-28(7)8)23-34(18-30,21-33)14-26(3)4/h25-32H,1-8H3/t29-,30+,31-,32?,33?,34?,35?,36?. The minimum absolute atomic E-state index is 1.88. The smallest absolute Gasteiger partial charge is 0.398 e. The van der Waals surface area contributed by atoms with Gasteiger partial charge in [-0.3, -0.25) is 0 Å². The molecular formula is C8H32O16Si12. The molecule has 0 saturated carbocycles. The molecular weight excluding hydrogens is 689 g/mol. The van der Waals surface area contributed by atoms with Crippen molar-refractivity contribution >= 4 is 110 Å². The highest BCUT2D eigenvalue weighted by Crippen LogP contribution is 2.42. The Kier molecular flexibility index (Phi) is 8.99. The van der Waals surface area contributed by atoms with Gasteiger partial charge in [-0.05, 0) is 52.4 Å². The number of hydrogen-bond acceptors (Lipinski definition) is 16. The van der Waals surface area contributed by atoms with E-state index >= 15 is 0 Å². The molecule has 0 aromatic carbocycles. The zero-order valence-electron chi connectivity index (χ0n) is 21.2. The molecule has 6 heterocycles. The summed E-state index contributed by atoms with van der Waals surface area (Å²) >= 11 is 0. The van der Waals surface area contributed by atoms with E-state index in [1.807, 2.05) is 52.4 Å². The summed E-state index contributed by atoms with van der Waals surface area (Å²) in [5, 5.41) is 0. The van der Waals surface area contributed by atoms with Gasteiger partial charge in [0, 0.05) is 0 Å². The molecule has 208 valence electrons. The summed E-state index contributed by atoms with van der Waals surface area (Å²) in [5.41, 5.74) is 0. The third-order valence-electron chi connectivity index (χ3n) is 4.37. The van der Waals surface area contributed by atoms with Crippen LogP contribution in [0.3, 0.4) is 0 Å². The summed E-state index contributed by atoms with van der Waals surface area (Å²) < 4.78 is 102. The first kappa shape index (κ1) is 29.5. The zero-order chi connectivity index (χ0) is 25.9. The van der Waals surface area contributed by atoms with Crippen LogP contribution in [0.5, 0.6) is 0 Å². The predicted octanol–water partition coefficient (Wildman–Crippen LogP) is -3.14. The topological polar surface area (TPSA) is 148 Å². The zero-order valence-corrected chi connectivity index (χ0v) is 34.4. The molecule has 36 heavy (non-hydrogen) atoms. The van der Waals surface area contributed by atoms with Gasteiger partial charge >= 0.3 is 74.3 Å². The van der Waals surface area contributed by atoms with Crippen molar-refractivity contribution in [3.63, 3.8) is 0 Å². The first-order valence-electron chi connectivity index (χ1n) is 11.7. The monoisotopic (exact) mass is 720 g/mol. The Morgan fingerprint density at radius 3 is 0.750 bits per heavy atom. The molecule has 6 aliphatic rings. The van der Waals surface area contributed by atoms with Crippen molar-refractivity contribution < 1.29 is 65.8 Å². The van der Waals surface area contributed by atoms with Crippen molar-refractivity contribution in [2.24, 2.45) is 0 Å². The van der Waals surface area contributed by atoms with Crippen molar-refractivity contribution in [3.8, 4) is 0 Å². The summed E-state index contributed by atoms with van der Waals surface area (Å²) in [4.78, 5) is 0. The fourth-order valence-corrected chi connectivity index (χ4v) is 48.5. The normalized spacial score (nSPS) is 46.3. The van der Waals surface area contributed by atoms with Crippen LogP contribution in [0.25, 0.3) is 0 Å². The average molecular weight is 721 g/mol. The summed E-state index contributed by atoms with van der Waals surface area (Å²) in [6, 6.07) is 0. The third kappa shape index (κ3) is 6.54. The number of hydrogen-bond donors (Lipinski definition) is 0. The fourth-order valence-electron chi connectivity index (χ4n) is 3.53. The van der Waals surface area contributed by atoms with Crippen LogP contribution in [0, 0.1) is 0 Å². The van der Waals surface area contributed by atoms with Crippen LogP contribution in [-0.4, -0.2) is 110 Å². The van der Waals surface area contributed by atoms with Crippen molar-refractivity contribution in [2.75, 3.05) is 0 Å².